The molecule has 2 aliphatic rings. The largest absolute Gasteiger partial charge is 0.384 e. The van der Waals surface area contributed by atoms with Crippen LogP contribution in [0.25, 0.3) is 0 Å². The fourth-order valence-corrected chi connectivity index (χ4v) is 2.83. The molecule has 0 bridgehead atoms. The third-order valence-corrected chi connectivity index (χ3v) is 4.25. The van der Waals surface area contributed by atoms with E-state index >= 15 is 0 Å². The van der Waals surface area contributed by atoms with Gasteiger partial charge in [-0.2, -0.15) is 0 Å². The van der Waals surface area contributed by atoms with Crippen molar-refractivity contribution in [3.8, 4) is 0 Å². The maximum absolute atomic E-state index is 13.2. The molecule has 1 aliphatic carbocycles. The van der Waals surface area contributed by atoms with Crippen LogP contribution in [0.15, 0.2) is 18.3 Å². The number of likely N-dealkylation sites (tertiary alicyclic amines) is 1. The Balaban J connectivity index is 1.67. The van der Waals surface area contributed by atoms with E-state index in [9.17, 15) is 13.6 Å². The summed E-state index contributed by atoms with van der Waals surface area (Å²) in [4.78, 5) is 17.6. The summed E-state index contributed by atoms with van der Waals surface area (Å²) in [5.74, 6) is -2.40. The molecule has 1 spiro atoms. The van der Waals surface area contributed by atoms with Crippen molar-refractivity contribution in [3.63, 3.8) is 0 Å². The number of pyridine rings is 1. The lowest BCUT2D eigenvalue weighted by atomic mass is 9.92. The van der Waals surface area contributed by atoms with Gasteiger partial charge < -0.3 is 10.6 Å². The van der Waals surface area contributed by atoms with Gasteiger partial charge in [0.2, 0.25) is 0 Å². The Hall–Kier alpha value is -1.72. The number of amides is 1. The lowest BCUT2D eigenvalue weighted by molar-refractivity contribution is 0.0284. The number of nitrogens with zero attached hydrogens (tertiary/aromatic N) is 2. The van der Waals surface area contributed by atoms with Crippen molar-refractivity contribution in [1.29, 1.82) is 0 Å². The summed E-state index contributed by atoms with van der Waals surface area (Å²) in [6.07, 6.45) is 2.21. The van der Waals surface area contributed by atoms with E-state index in [1.54, 1.807) is 11.0 Å². The van der Waals surface area contributed by atoms with E-state index in [2.05, 4.69) is 4.98 Å². The molecule has 0 atom stereocenters. The minimum atomic E-state index is -2.52. The number of piperidine rings is 1. The normalized spacial score (nSPS) is 23.4. The molecule has 1 saturated heterocycles. The van der Waals surface area contributed by atoms with Crippen molar-refractivity contribution in [1.82, 2.24) is 9.88 Å². The van der Waals surface area contributed by atoms with Crippen LogP contribution in [0.2, 0.25) is 0 Å². The fraction of sp³-hybridized carbons (Fsp3) is 0.538. The fourth-order valence-electron chi connectivity index (χ4n) is 2.83. The SMILES string of the molecule is Nc1cc(C(=O)N2CCC3(CC2)CC3(F)F)ccn1. The number of nitrogen functional groups attached to an aromatic ring is 1. The first-order chi connectivity index (χ1) is 8.94. The van der Waals surface area contributed by atoms with E-state index in [-0.39, 0.29) is 18.1 Å². The topological polar surface area (TPSA) is 59.2 Å². The van der Waals surface area contributed by atoms with E-state index in [1.165, 1.54) is 12.3 Å². The molecule has 0 unspecified atom stereocenters. The van der Waals surface area contributed by atoms with Gasteiger partial charge in [0.05, 0.1) is 0 Å². The van der Waals surface area contributed by atoms with Gasteiger partial charge in [-0.15, -0.1) is 0 Å². The second kappa shape index (κ2) is 3.88. The van der Waals surface area contributed by atoms with Crippen molar-refractivity contribution in [2.45, 2.75) is 25.2 Å². The van der Waals surface area contributed by atoms with Crippen LogP contribution in [0.4, 0.5) is 14.6 Å². The van der Waals surface area contributed by atoms with E-state index in [1.807, 2.05) is 0 Å². The Labute approximate surface area is 109 Å². The number of carbonyl (C=O) groups is 1. The lowest BCUT2D eigenvalue weighted by Crippen LogP contribution is -2.40. The Morgan fingerprint density at radius 2 is 2.00 bits per heavy atom. The Morgan fingerprint density at radius 1 is 1.37 bits per heavy atom. The highest BCUT2D eigenvalue weighted by Gasteiger charge is 2.70. The summed E-state index contributed by atoms with van der Waals surface area (Å²) in [6, 6.07) is 3.10. The molecule has 0 aromatic carbocycles. The molecular weight excluding hydrogens is 252 g/mol. The van der Waals surface area contributed by atoms with Gasteiger partial charge in [-0.05, 0) is 25.0 Å². The monoisotopic (exact) mass is 267 g/mol. The van der Waals surface area contributed by atoms with E-state index in [0.29, 0.717) is 31.5 Å². The van der Waals surface area contributed by atoms with Gasteiger partial charge in [-0.25, -0.2) is 13.8 Å². The van der Waals surface area contributed by atoms with Crippen LogP contribution in [-0.4, -0.2) is 34.8 Å². The highest BCUT2D eigenvalue weighted by atomic mass is 19.3. The number of carbonyl (C=O) groups excluding carboxylic acids is 1. The van der Waals surface area contributed by atoms with Crippen molar-refractivity contribution in [2.75, 3.05) is 18.8 Å². The highest BCUT2D eigenvalue weighted by molar-refractivity contribution is 5.94. The zero-order valence-corrected chi connectivity index (χ0v) is 10.4. The van der Waals surface area contributed by atoms with Gasteiger partial charge in [0, 0.05) is 36.7 Å². The molecule has 19 heavy (non-hydrogen) atoms. The number of aromatic nitrogens is 1. The standard InChI is InChI=1S/C13H15F2N3O/c14-13(15)8-12(13)2-5-18(6-3-12)11(19)9-1-4-17-10(16)7-9/h1,4,7H,2-3,5-6,8H2,(H2,16,17). The van der Waals surface area contributed by atoms with Crippen LogP contribution in [-0.2, 0) is 0 Å². The molecule has 102 valence electrons. The molecule has 3 rings (SSSR count). The number of hydrogen-bond donors (Lipinski definition) is 1. The van der Waals surface area contributed by atoms with Gasteiger partial charge in [-0.1, -0.05) is 0 Å². The molecule has 2 heterocycles. The average molecular weight is 267 g/mol. The van der Waals surface area contributed by atoms with Gasteiger partial charge in [0.1, 0.15) is 5.82 Å². The highest BCUT2D eigenvalue weighted by Crippen LogP contribution is 2.65. The molecule has 1 amide bonds. The molecule has 1 aromatic rings. The Morgan fingerprint density at radius 3 is 2.53 bits per heavy atom. The van der Waals surface area contributed by atoms with E-state index in [0.717, 1.165) is 0 Å². The zero-order valence-electron chi connectivity index (χ0n) is 10.4. The van der Waals surface area contributed by atoms with Crippen LogP contribution in [0.3, 0.4) is 0 Å². The first-order valence-electron chi connectivity index (χ1n) is 6.32. The third-order valence-electron chi connectivity index (χ3n) is 4.25. The average Bonchev–Trinajstić information content (AvgIpc) is 2.90. The molecule has 0 radical (unpaired) electrons. The molecular formula is C13H15F2N3O. The zero-order chi connectivity index (χ0) is 13.7. The minimum Gasteiger partial charge on any atom is -0.384 e. The first-order valence-corrected chi connectivity index (χ1v) is 6.32. The molecule has 4 nitrogen and oxygen atoms in total. The number of halogens is 2. The number of rotatable bonds is 1. The van der Waals surface area contributed by atoms with Crippen molar-refractivity contribution in [3.05, 3.63) is 23.9 Å². The Bertz CT molecular complexity index is 524. The summed E-state index contributed by atoms with van der Waals surface area (Å²) in [6.45, 7) is 0.771. The molecule has 1 saturated carbocycles. The van der Waals surface area contributed by atoms with Crippen molar-refractivity contribution in [2.24, 2.45) is 5.41 Å². The van der Waals surface area contributed by atoms with Crippen LogP contribution < -0.4 is 5.73 Å². The van der Waals surface area contributed by atoms with Gasteiger partial charge in [0.25, 0.3) is 11.8 Å². The predicted octanol–water partition coefficient (Wildman–Crippen LogP) is 1.93. The molecule has 2 fully saturated rings. The van der Waals surface area contributed by atoms with Gasteiger partial charge >= 0.3 is 0 Å². The van der Waals surface area contributed by atoms with Gasteiger partial charge in [0.15, 0.2) is 0 Å². The summed E-state index contributed by atoms with van der Waals surface area (Å²) < 4.78 is 26.5. The quantitative estimate of drug-likeness (QED) is 0.845. The second-order valence-corrected chi connectivity index (χ2v) is 5.42. The summed E-state index contributed by atoms with van der Waals surface area (Å²) in [5.41, 5.74) is 5.17. The number of hydrogen-bond acceptors (Lipinski definition) is 3. The van der Waals surface area contributed by atoms with Crippen LogP contribution in [0.5, 0.6) is 0 Å². The molecule has 2 N–H and O–H groups in total. The molecule has 1 aromatic heterocycles. The summed E-state index contributed by atoms with van der Waals surface area (Å²) >= 11 is 0. The molecule has 1 aliphatic heterocycles. The maximum Gasteiger partial charge on any atom is 0.254 e. The van der Waals surface area contributed by atoms with E-state index in [4.69, 9.17) is 5.73 Å². The van der Waals surface area contributed by atoms with Crippen LogP contribution in [0.1, 0.15) is 29.6 Å². The second-order valence-electron chi connectivity index (χ2n) is 5.42. The van der Waals surface area contributed by atoms with Gasteiger partial charge in [-0.3, -0.25) is 4.79 Å². The van der Waals surface area contributed by atoms with Crippen LogP contribution in [0, 0.1) is 5.41 Å². The van der Waals surface area contributed by atoms with Crippen molar-refractivity contribution < 1.29 is 13.6 Å². The minimum absolute atomic E-state index is 0.0236. The molecule has 6 heteroatoms. The number of anilines is 1. The number of alkyl halides is 2. The van der Waals surface area contributed by atoms with Crippen molar-refractivity contribution >= 4 is 11.7 Å². The third kappa shape index (κ3) is 1.95. The van der Waals surface area contributed by atoms with E-state index < -0.39 is 11.3 Å². The maximum atomic E-state index is 13.2. The van der Waals surface area contributed by atoms with Crippen LogP contribution >= 0.6 is 0 Å². The predicted molar refractivity (Wildman–Crippen MR) is 65.8 cm³/mol. The Kier molecular flexibility index (Phi) is 2.52. The first kappa shape index (κ1) is 12.3. The number of nitrogens with two attached hydrogens (primary N) is 1. The summed E-state index contributed by atoms with van der Waals surface area (Å²) in [5, 5.41) is 0. The smallest absolute Gasteiger partial charge is 0.254 e. The summed E-state index contributed by atoms with van der Waals surface area (Å²) in [7, 11) is 0. The lowest BCUT2D eigenvalue weighted by Gasteiger charge is -2.32.